The molecule has 2 amide bonds. The van der Waals surface area contributed by atoms with Crippen LogP contribution in [0, 0.1) is 0 Å². The van der Waals surface area contributed by atoms with Crippen molar-refractivity contribution in [2.24, 2.45) is 5.10 Å². The van der Waals surface area contributed by atoms with Gasteiger partial charge in [0.25, 0.3) is 5.91 Å². The zero-order valence-corrected chi connectivity index (χ0v) is 10.8. The minimum atomic E-state index is -0.109. The van der Waals surface area contributed by atoms with Crippen LogP contribution in [-0.2, 0) is 9.59 Å². The van der Waals surface area contributed by atoms with Gasteiger partial charge in [-0.05, 0) is 6.42 Å². The molecule has 0 radical (unpaired) electrons. The van der Waals surface area contributed by atoms with Crippen molar-refractivity contribution in [3.8, 4) is 0 Å². The van der Waals surface area contributed by atoms with Gasteiger partial charge in [-0.15, -0.1) is 0 Å². The largest absolute Gasteiger partial charge is 0.336 e. The summed E-state index contributed by atoms with van der Waals surface area (Å²) in [4.78, 5) is 25.0. The molecule has 2 rings (SSSR count). The van der Waals surface area contributed by atoms with Gasteiger partial charge in [-0.3, -0.25) is 9.59 Å². The molecule has 1 atom stereocenters. The molecule has 1 saturated heterocycles. The summed E-state index contributed by atoms with van der Waals surface area (Å²) < 4.78 is 0. The Morgan fingerprint density at radius 2 is 2.41 bits per heavy atom. The smallest absolute Gasteiger partial charge is 0.270 e. The first kappa shape index (κ1) is 12.4. The number of rotatable bonds is 2. The van der Waals surface area contributed by atoms with Gasteiger partial charge in [0.1, 0.15) is 5.71 Å². The van der Waals surface area contributed by atoms with E-state index in [0.717, 1.165) is 25.3 Å². The monoisotopic (exact) mass is 255 g/mol. The quantitative estimate of drug-likeness (QED) is 0.786. The Bertz CT molecular complexity index is 357. The topological polar surface area (TPSA) is 61.8 Å². The average molecular weight is 255 g/mol. The van der Waals surface area contributed by atoms with Gasteiger partial charge in [-0.2, -0.15) is 16.9 Å². The molecule has 0 aliphatic carbocycles. The molecule has 2 heterocycles. The van der Waals surface area contributed by atoms with Crippen LogP contribution in [0.15, 0.2) is 5.10 Å². The van der Waals surface area contributed by atoms with Crippen LogP contribution >= 0.6 is 11.8 Å². The van der Waals surface area contributed by atoms with Crippen LogP contribution in [-0.4, -0.2) is 46.5 Å². The first-order chi connectivity index (χ1) is 8.20. The zero-order valence-electron chi connectivity index (χ0n) is 9.94. The molecule has 94 valence electrons. The van der Waals surface area contributed by atoms with Crippen LogP contribution in [0.25, 0.3) is 0 Å². The maximum Gasteiger partial charge on any atom is 0.270 e. The highest BCUT2D eigenvalue weighted by Crippen LogP contribution is 2.21. The third kappa shape index (κ3) is 3.00. The fourth-order valence-electron chi connectivity index (χ4n) is 1.96. The van der Waals surface area contributed by atoms with Gasteiger partial charge in [-0.25, -0.2) is 5.43 Å². The third-order valence-corrected chi connectivity index (χ3v) is 4.40. The summed E-state index contributed by atoms with van der Waals surface area (Å²) in [5.41, 5.74) is 2.87. The van der Waals surface area contributed by atoms with E-state index >= 15 is 0 Å². The van der Waals surface area contributed by atoms with E-state index in [0.29, 0.717) is 23.8 Å². The fourth-order valence-corrected chi connectivity index (χ4v) is 3.14. The van der Waals surface area contributed by atoms with Crippen molar-refractivity contribution in [1.82, 2.24) is 10.3 Å². The maximum atomic E-state index is 12.2. The number of amides is 2. The molecule has 0 saturated carbocycles. The second-order valence-corrected chi connectivity index (χ2v) is 5.65. The van der Waals surface area contributed by atoms with Crippen molar-refractivity contribution in [2.45, 2.75) is 31.4 Å². The molecule has 1 N–H and O–H groups in total. The van der Waals surface area contributed by atoms with Crippen LogP contribution in [0.3, 0.4) is 0 Å². The Balaban J connectivity index is 1.97. The van der Waals surface area contributed by atoms with E-state index in [1.165, 1.54) is 0 Å². The van der Waals surface area contributed by atoms with Crippen LogP contribution in [0.5, 0.6) is 0 Å². The van der Waals surface area contributed by atoms with Gasteiger partial charge in [0.05, 0.1) is 0 Å². The number of thioether (sulfide) groups is 1. The Hall–Kier alpha value is -1.04. The van der Waals surface area contributed by atoms with E-state index in [9.17, 15) is 9.59 Å². The molecule has 0 spiro atoms. The molecule has 0 aromatic heterocycles. The highest BCUT2D eigenvalue weighted by molar-refractivity contribution is 8.00. The molecule has 2 aliphatic heterocycles. The lowest BCUT2D eigenvalue weighted by Gasteiger charge is -2.32. The van der Waals surface area contributed by atoms with E-state index in [2.05, 4.69) is 17.5 Å². The minimum absolute atomic E-state index is 0.0104. The van der Waals surface area contributed by atoms with Gasteiger partial charge in [-0.1, -0.05) is 6.92 Å². The van der Waals surface area contributed by atoms with E-state index in [-0.39, 0.29) is 11.8 Å². The van der Waals surface area contributed by atoms with Crippen molar-refractivity contribution in [1.29, 1.82) is 0 Å². The van der Waals surface area contributed by atoms with E-state index < -0.39 is 0 Å². The molecule has 0 aromatic rings. The number of nitrogens with one attached hydrogen (secondary N) is 1. The first-order valence-electron chi connectivity index (χ1n) is 5.97. The van der Waals surface area contributed by atoms with Crippen LogP contribution < -0.4 is 5.43 Å². The molecule has 2 aliphatic rings. The Morgan fingerprint density at radius 1 is 1.59 bits per heavy atom. The summed E-state index contributed by atoms with van der Waals surface area (Å²) in [6.45, 7) is 3.73. The highest BCUT2D eigenvalue weighted by Gasteiger charge is 2.27. The van der Waals surface area contributed by atoms with E-state index in [1.54, 1.807) is 0 Å². The van der Waals surface area contributed by atoms with Gasteiger partial charge in [0, 0.05) is 36.9 Å². The van der Waals surface area contributed by atoms with E-state index in [4.69, 9.17) is 0 Å². The van der Waals surface area contributed by atoms with E-state index in [1.807, 2.05) is 16.7 Å². The zero-order chi connectivity index (χ0) is 12.3. The molecule has 0 bridgehead atoms. The normalized spacial score (nSPS) is 25.2. The number of hydrazone groups is 1. The summed E-state index contributed by atoms with van der Waals surface area (Å²) in [6, 6.07) is 0. The second kappa shape index (κ2) is 5.53. The fraction of sp³-hybridized carbons (Fsp3) is 0.727. The molecule has 5 nitrogen and oxygen atoms in total. The van der Waals surface area contributed by atoms with Crippen molar-refractivity contribution < 1.29 is 9.59 Å². The number of nitrogens with zero attached hydrogens (tertiary/aromatic N) is 2. The molecular weight excluding hydrogens is 238 g/mol. The van der Waals surface area contributed by atoms with Crippen molar-refractivity contribution in [3.63, 3.8) is 0 Å². The van der Waals surface area contributed by atoms with Gasteiger partial charge >= 0.3 is 0 Å². The Labute approximate surface area is 105 Å². The number of hydrogen-bond donors (Lipinski definition) is 1. The average Bonchev–Trinajstić information content (AvgIpc) is 2.39. The molecule has 6 heteroatoms. The predicted octanol–water partition coefficient (Wildman–Crippen LogP) is 0.606. The predicted molar refractivity (Wildman–Crippen MR) is 67.9 cm³/mol. The molecule has 1 fully saturated rings. The SMILES string of the molecule is CCC1CN(C(=O)C2=NNC(=O)CC2)CCS1. The number of carbonyl (C=O) groups is 2. The van der Waals surface area contributed by atoms with Crippen LogP contribution in [0.1, 0.15) is 26.2 Å². The third-order valence-electron chi connectivity index (χ3n) is 3.03. The highest BCUT2D eigenvalue weighted by atomic mass is 32.2. The Morgan fingerprint density at radius 3 is 3.06 bits per heavy atom. The molecule has 0 aromatic carbocycles. The van der Waals surface area contributed by atoms with Crippen molar-refractivity contribution in [3.05, 3.63) is 0 Å². The maximum absolute atomic E-state index is 12.2. The number of hydrogen-bond acceptors (Lipinski definition) is 4. The second-order valence-electron chi connectivity index (χ2n) is 4.25. The van der Waals surface area contributed by atoms with Crippen molar-refractivity contribution >= 4 is 29.3 Å². The lowest BCUT2D eigenvalue weighted by Crippen LogP contribution is -2.46. The van der Waals surface area contributed by atoms with Gasteiger partial charge in [0.15, 0.2) is 0 Å². The van der Waals surface area contributed by atoms with Crippen molar-refractivity contribution in [2.75, 3.05) is 18.8 Å². The summed E-state index contributed by atoms with van der Waals surface area (Å²) in [6.07, 6.45) is 1.91. The lowest BCUT2D eigenvalue weighted by atomic mass is 10.1. The summed E-state index contributed by atoms with van der Waals surface area (Å²) in [5.74, 6) is 0.870. The standard InChI is InChI=1S/C11H17N3O2S/c1-2-8-7-14(5-6-17-8)11(16)9-3-4-10(15)13-12-9/h8H,2-7H2,1H3,(H,13,15). The number of carbonyl (C=O) groups excluding carboxylic acids is 2. The summed E-state index contributed by atoms with van der Waals surface area (Å²) in [5, 5.41) is 4.39. The summed E-state index contributed by atoms with van der Waals surface area (Å²) in [7, 11) is 0. The van der Waals surface area contributed by atoms with Crippen LogP contribution in [0.4, 0.5) is 0 Å². The van der Waals surface area contributed by atoms with Gasteiger partial charge < -0.3 is 4.90 Å². The molecular formula is C11H17N3O2S. The molecule has 1 unspecified atom stereocenters. The van der Waals surface area contributed by atoms with Crippen LogP contribution in [0.2, 0.25) is 0 Å². The minimum Gasteiger partial charge on any atom is -0.336 e. The lowest BCUT2D eigenvalue weighted by molar-refractivity contribution is -0.124. The summed E-state index contributed by atoms with van der Waals surface area (Å²) >= 11 is 1.93. The first-order valence-corrected chi connectivity index (χ1v) is 7.02. The van der Waals surface area contributed by atoms with Gasteiger partial charge in [0.2, 0.25) is 5.91 Å². The molecule has 17 heavy (non-hydrogen) atoms. The Kier molecular flexibility index (Phi) is 4.04.